The number of benzene rings is 8. The number of furan rings is 2. The molecule has 8 aromatic carbocycles. The van der Waals surface area contributed by atoms with Gasteiger partial charge in [-0.1, -0.05) is 97.1 Å². The molecule has 0 aliphatic carbocycles. The minimum Gasteiger partial charge on any atom is -0.456 e. The summed E-state index contributed by atoms with van der Waals surface area (Å²) in [7, 11) is 0. The Balaban J connectivity index is 1.12. The number of para-hydroxylation sites is 4. The summed E-state index contributed by atoms with van der Waals surface area (Å²) in [6.07, 6.45) is 0. The molecule has 244 valence electrons. The first-order valence-corrected chi connectivity index (χ1v) is 17.4. The van der Waals surface area contributed by atoms with Crippen LogP contribution in [-0.2, 0) is 0 Å². The van der Waals surface area contributed by atoms with Crippen LogP contribution in [0.1, 0.15) is 0 Å². The molecule has 0 atom stereocenters. The number of fused-ring (bicyclic) bond motifs is 8. The third-order valence-corrected chi connectivity index (χ3v) is 10.1. The molecule has 0 amide bonds. The van der Waals surface area contributed by atoms with Crippen LogP contribution in [0, 0.1) is 0 Å². The number of oxazole rings is 1. The van der Waals surface area contributed by atoms with E-state index in [9.17, 15) is 0 Å². The van der Waals surface area contributed by atoms with E-state index in [1.807, 2.05) is 54.6 Å². The minimum absolute atomic E-state index is 0.563. The van der Waals surface area contributed by atoms with Gasteiger partial charge < -0.3 is 18.2 Å². The van der Waals surface area contributed by atoms with Crippen molar-refractivity contribution in [2.24, 2.45) is 0 Å². The third-order valence-electron chi connectivity index (χ3n) is 10.1. The van der Waals surface area contributed by atoms with Gasteiger partial charge >= 0.3 is 0 Å². The second kappa shape index (κ2) is 11.2. The van der Waals surface area contributed by atoms with Crippen LogP contribution in [0.25, 0.3) is 88.3 Å². The van der Waals surface area contributed by atoms with E-state index in [0.717, 1.165) is 83.2 Å². The topological polar surface area (TPSA) is 55.6 Å². The van der Waals surface area contributed by atoms with Crippen LogP contribution in [-0.4, -0.2) is 4.98 Å². The lowest BCUT2D eigenvalue weighted by atomic mass is 10.0. The predicted molar refractivity (Wildman–Crippen MR) is 212 cm³/mol. The van der Waals surface area contributed by atoms with Gasteiger partial charge in [0.25, 0.3) is 0 Å². The highest BCUT2D eigenvalue weighted by atomic mass is 16.4. The van der Waals surface area contributed by atoms with Gasteiger partial charge in [0.2, 0.25) is 5.89 Å². The van der Waals surface area contributed by atoms with Gasteiger partial charge in [0.1, 0.15) is 22.3 Å². The van der Waals surface area contributed by atoms with Crippen LogP contribution in [0.15, 0.2) is 183 Å². The first kappa shape index (κ1) is 28.7. The Hall–Kier alpha value is -7.11. The molecule has 11 rings (SSSR count). The van der Waals surface area contributed by atoms with Gasteiger partial charge in [-0.15, -0.1) is 0 Å². The Morgan fingerprint density at radius 3 is 2.04 bits per heavy atom. The van der Waals surface area contributed by atoms with Crippen molar-refractivity contribution in [3.8, 4) is 22.6 Å². The molecule has 5 nitrogen and oxygen atoms in total. The zero-order chi connectivity index (χ0) is 34.2. The average molecular weight is 669 g/mol. The fourth-order valence-corrected chi connectivity index (χ4v) is 7.63. The van der Waals surface area contributed by atoms with Crippen LogP contribution in [0.2, 0.25) is 0 Å². The lowest BCUT2D eigenvalue weighted by molar-refractivity contribution is 0.620. The molecule has 3 aromatic heterocycles. The molecule has 0 saturated heterocycles. The van der Waals surface area contributed by atoms with Gasteiger partial charge in [-0.25, -0.2) is 4.98 Å². The van der Waals surface area contributed by atoms with Crippen molar-refractivity contribution in [2.75, 3.05) is 4.90 Å². The molecule has 0 aliphatic rings. The molecule has 0 fully saturated rings. The SMILES string of the molecule is c1ccc2cc(-c3ccc(N(c4ccc5oc6cccc(-c7nc8ccccc8o7)c6c5c4)c4cccc5c4oc4ccccc45)cc3)ccc2c1. The minimum atomic E-state index is 0.563. The normalized spacial score (nSPS) is 11.8. The Labute approximate surface area is 297 Å². The van der Waals surface area contributed by atoms with E-state index in [0.29, 0.717) is 5.89 Å². The summed E-state index contributed by atoms with van der Waals surface area (Å²) in [6, 6.07) is 58.7. The van der Waals surface area contributed by atoms with E-state index in [2.05, 4.69) is 120 Å². The summed E-state index contributed by atoms with van der Waals surface area (Å²) in [5, 5.41) is 6.54. The summed E-state index contributed by atoms with van der Waals surface area (Å²) < 4.78 is 19.3. The molecule has 0 unspecified atom stereocenters. The lowest BCUT2D eigenvalue weighted by Crippen LogP contribution is -2.10. The zero-order valence-corrected chi connectivity index (χ0v) is 27.8. The molecule has 0 bridgehead atoms. The first-order valence-electron chi connectivity index (χ1n) is 17.4. The van der Waals surface area contributed by atoms with E-state index < -0.39 is 0 Å². The van der Waals surface area contributed by atoms with Crippen molar-refractivity contribution >= 4 is 82.8 Å². The highest BCUT2D eigenvalue weighted by Gasteiger charge is 2.22. The fourth-order valence-electron chi connectivity index (χ4n) is 7.63. The van der Waals surface area contributed by atoms with Crippen LogP contribution < -0.4 is 4.90 Å². The monoisotopic (exact) mass is 668 g/mol. The van der Waals surface area contributed by atoms with E-state index in [1.54, 1.807) is 0 Å². The Morgan fingerprint density at radius 2 is 1.13 bits per heavy atom. The Bertz CT molecular complexity index is 3110. The van der Waals surface area contributed by atoms with Crippen molar-refractivity contribution in [2.45, 2.75) is 0 Å². The maximum absolute atomic E-state index is 6.61. The number of aromatic nitrogens is 1. The predicted octanol–water partition coefficient (Wildman–Crippen LogP) is 13.6. The van der Waals surface area contributed by atoms with Gasteiger partial charge in [-0.05, 0) is 94.7 Å². The average Bonchev–Trinajstić information content (AvgIpc) is 3.92. The van der Waals surface area contributed by atoms with Crippen molar-refractivity contribution in [1.29, 1.82) is 0 Å². The van der Waals surface area contributed by atoms with Crippen LogP contribution in [0.3, 0.4) is 0 Å². The highest BCUT2D eigenvalue weighted by molar-refractivity contribution is 6.14. The Morgan fingerprint density at radius 1 is 0.423 bits per heavy atom. The molecule has 5 heteroatoms. The molecule has 0 spiro atoms. The summed E-state index contributed by atoms with van der Waals surface area (Å²) in [4.78, 5) is 7.12. The standard InChI is InChI=1S/C47H28N2O3/c1-2-10-31-27-32(20-19-29(31)9-1)30-21-23-33(24-22-30)49(40-15-7-12-36-35-11-3-5-16-41(35)51-46(36)40)34-25-26-42-38(28-34)45-37(13-8-18-44(45)50-42)47-48-39-14-4-6-17-43(39)52-47/h1-28H. The van der Waals surface area contributed by atoms with E-state index in [4.69, 9.17) is 18.2 Å². The quantitative estimate of drug-likeness (QED) is 0.183. The van der Waals surface area contributed by atoms with Crippen LogP contribution in [0.5, 0.6) is 0 Å². The van der Waals surface area contributed by atoms with Gasteiger partial charge in [-0.2, -0.15) is 0 Å². The molecular formula is C47H28N2O3. The highest BCUT2D eigenvalue weighted by Crippen LogP contribution is 2.45. The maximum atomic E-state index is 6.61. The number of anilines is 3. The van der Waals surface area contributed by atoms with E-state index in [-0.39, 0.29) is 0 Å². The molecule has 11 aromatic rings. The van der Waals surface area contributed by atoms with Gasteiger partial charge in [0.15, 0.2) is 11.2 Å². The first-order chi connectivity index (χ1) is 25.7. The van der Waals surface area contributed by atoms with Crippen molar-refractivity contribution in [3.63, 3.8) is 0 Å². The molecule has 3 heterocycles. The molecule has 0 radical (unpaired) electrons. The molecule has 0 N–H and O–H groups in total. The third kappa shape index (κ3) is 4.46. The second-order valence-electron chi connectivity index (χ2n) is 13.1. The number of rotatable bonds is 5. The van der Waals surface area contributed by atoms with Crippen molar-refractivity contribution in [1.82, 2.24) is 4.98 Å². The largest absolute Gasteiger partial charge is 0.456 e. The summed E-state index contributed by atoms with van der Waals surface area (Å²) >= 11 is 0. The summed E-state index contributed by atoms with van der Waals surface area (Å²) in [6.45, 7) is 0. The van der Waals surface area contributed by atoms with Crippen molar-refractivity contribution < 1.29 is 13.3 Å². The number of nitrogens with zero attached hydrogens (tertiary/aromatic N) is 2. The fraction of sp³-hybridized carbons (Fsp3) is 0. The Kier molecular flexibility index (Phi) is 6.18. The number of hydrogen-bond acceptors (Lipinski definition) is 5. The molecule has 0 aliphatic heterocycles. The van der Waals surface area contributed by atoms with E-state index >= 15 is 0 Å². The smallest absolute Gasteiger partial charge is 0.228 e. The lowest BCUT2D eigenvalue weighted by Gasteiger charge is -2.26. The molecule has 52 heavy (non-hydrogen) atoms. The van der Waals surface area contributed by atoms with Crippen molar-refractivity contribution in [3.05, 3.63) is 170 Å². The van der Waals surface area contributed by atoms with E-state index in [1.165, 1.54) is 16.3 Å². The summed E-state index contributed by atoms with van der Waals surface area (Å²) in [5.74, 6) is 0.563. The number of hydrogen-bond donors (Lipinski definition) is 0. The van der Waals surface area contributed by atoms with Crippen LogP contribution in [0.4, 0.5) is 17.1 Å². The second-order valence-corrected chi connectivity index (χ2v) is 13.1. The van der Waals surface area contributed by atoms with Crippen LogP contribution >= 0.6 is 0 Å². The maximum Gasteiger partial charge on any atom is 0.228 e. The van der Waals surface area contributed by atoms with Gasteiger partial charge in [0.05, 0.1) is 5.69 Å². The van der Waals surface area contributed by atoms with Gasteiger partial charge in [0, 0.05) is 38.5 Å². The molecular weight excluding hydrogens is 641 g/mol. The molecule has 0 saturated carbocycles. The summed E-state index contributed by atoms with van der Waals surface area (Å²) in [5.41, 5.74) is 10.9. The zero-order valence-electron chi connectivity index (χ0n) is 27.8. The van der Waals surface area contributed by atoms with Gasteiger partial charge in [-0.3, -0.25) is 0 Å².